The highest BCUT2D eigenvalue weighted by atomic mass is 79.9. The number of rotatable bonds is 6. The molecule has 1 aliphatic rings. The molecule has 0 radical (unpaired) electrons. The van der Waals surface area contributed by atoms with Crippen LogP contribution in [0.1, 0.15) is 26.2 Å². The summed E-state index contributed by atoms with van der Waals surface area (Å²) in [5.41, 5.74) is 0. The zero-order valence-corrected chi connectivity index (χ0v) is 15.3. The van der Waals surface area contributed by atoms with Crippen molar-refractivity contribution in [3.8, 4) is 0 Å². The van der Waals surface area contributed by atoms with Gasteiger partial charge < -0.3 is 10.6 Å². The van der Waals surface area contributed by atoms with Crippen molar-refractivity contribution in [2.24, 2.45) is 0 Å². The first-order chi connectivity index (χ1) is 9.63. The van der Waals surface area contributed by atoms with Crippen LogP contribution in [-0.4, -0.2) is 30.3 Å². The van der Waals surface area contributed by atoms with Crippen LogP contribution in [0.3, 0.4) is 0 Å². The molecular formula is C15H22BrClN2OS. The molecule has 3 nitrogen and oxygen atoms in total. The van der Waals surface area contributed by atoms with Gasteiger partial charge in [-0.05, 0) is 43.7 Å². The molecule has 6 heteroatoms. The molecule has 2 rings (SSSR count). The highest BCUT2D eigenvalue weighted by molar-refractivity contribution is 9.10. The van der Waals surface area contributed by atoms with Crippen molar-refractivity contribution in [3.05, 3.63) is 28.7 Å². The molecule has 0 aromatic heterocycles. The minimum absolute atomic E-state index is 0. The first-order valence-electron chi connectivity index (χ1n) is 7.06. The van der Waals surface area contributed by atoms with Gasteiger partial charge in [0.1, 0.15) is 0 Å². The van der Waals surface area contributed by atoms with Gasteiger partial charge in [0.2, 0.25) is 5.91 Å². The lowest BCUT2D eigenvalue weighted by Crippen LogP contribution is -2.34. The van der Waals surface area contributed by atoms with Crippen molar-refractivity contribution in [1.29, 1.82) is 0 Å². The van der Waals surface area contributed by atoms with Crippen LogP contribution in [-0.2, 0) is 4.79 Å². The predicted molar refractivity (Wildman–Crippen MR) is 95.4 cm³/mol. The molecule has 1 amide bonds. The fourth-order valence-corrected chi connectivity index (χ4v) is 3.46. The highest BCUT2D eigenvalue weighted by Gasteiger charge is 2.17. The number of benzene rings is 1. The van der Waals surface area contributed by atoms with Crippen LogP contribution in [0, 0.1) is 0 Å². The Morgan fingerprint density at radius 2 is 2.19 bits per heavy atom. The van der Waals surface area contributed by atoms with Crippen molar-refractivity contribution in [2.75, 3.05) is 13.1 Å². The third-order valence-electron chi connectivity index (χ3n) is 3.33. The summed E-state index contributed by atoms with van der Waals surface area (Å²) in [4.78, 5) is 13.1. The summed E-state index contributed by atoms with van der Waals surface area (Å²) in [6.07, 6.45) is 2.92. The van der Waals surface area contributed by atoms with Gasteiger partial charge in [0.25, 0.3) is 0 Å². The maximum absolute atomic E-state index is 11.8. The molecule has 2 N–H and O–H groups in total. The average Bonchev–Trinajstić information content (AvgIpc) is 2.92. The van der Waals surface area contributed by atoms with E-state index in [1.165, 1.54) is 11.3 Å². The molecule has 1 fully saturated rings. The minimum Gasteiger partial charge on any atom is -0.355 e. The van der Waals surface area contributed by atoms with E-state index < -0.39 is 0 Å². The third-order valence-corrected chi connectivity index (χ3v) is 4.97. The topological polar surface area (TPSA) is 41.1 Å². The lowest BCUT2D eigenvalue weighted by Gasteiger charge is -2.14. The molecule has 0 aliphatic carbocycles. The molecule has 118 valence electrons. The molecule has 1 aliphatic heterocycles. The van der Waals surface area contributed by atoms with Crippen LogP contribution >= 0.6 is 40.1 Å². The molecule has 0 bridgehead atoms. The summed E-state index contributed by atoms with van der Waals surface area (Å²) in [7, 11) is 0. The standard InChI is InChI=1S/C15H21BrN2OS.ClH/c1-11(20-14-6-4-12(16)5-7-14)10-18-15(19)9-13-3-2-8-17-13;/h4-7,11,13,17H,2-3,8-10H2,1H3,(H,18,19);1H. The number of nitrogens with one attached hydrogen (secondary N) is 2. The second-order valence-corrected chi connectivity index (χ2v) is 7.61. The maximum Gasteiger partial charge on any atom is 0.221 e. The normalized spacial score (nSPS) is 18.9. The first-order valence-corrected chi connectivity index (χ1v) is 8.73. The second kappa shape index (κ2) is 9.72. The number of hydrogen-bond acceptors (Lipinski definition) is 3. The summed E-state index contributed by atoms with van der Waals surface area (Å²) in [6.45, 7) is 3.90. The van der Waals surface area contributed by atoms with Gasteiger partial charge in [-0.1, -0.05) is 22.9 Å². The van der Waals surface area contributed by atoms with Gasteiger partial charge >= 0.3 is 0 Å². The van der Waals surface area contributed by atoms with Crippen molar-refractivity contribution in [2.45, 2.75) is 42.4 Å². The monoisotopic (exact) mass is 392 g/mol. The van der Waals surface area contributed by atoms with Crippen LogP contribution in [0.2, 0.25) is 0 Å². The van der Waals surface area contributed by atoms with Crippen molar-refractivity contribution in [3.63, 3.8) is 0 Å². The fraction of sp³-hybridized carbons (Fsp3) is 0.533. The Morgan fingerprint density at radius 1 is 1.48 bits per heavy atom. The SMILES string of the molecule is CC(CNC(=O)CC1CCCN1)Sc1ccc(Br)cc1.Cl. The summed E-state index contributed by atoms with van der Waals surface area (Å²) in [5, 5.41) is 6.75. The van der Waals surface area contributed by atoms with Crippen LogP contribution in [0.5, 0.6) is 0 Å². The van der Waals surface area contributed by atoms with E-state index in [1.54, 1.807) is 11.8 Å². The largest absolute Gasteiger partial charge is 0.355 e. The number of amides is 1. The van der Waals surface area contributed by atoms with Crippen LogP contribution in [0.15, 0.2) is 33.6 Å². The number of thioether (sulfide) groups is 1. The van der Waals surface area contributed by atoms with E-state index in [0.717, 1.165) is 17.4 Å². The first kappa shape index (κ1) is 18.8. The summed E-state index contributed by atoms with van der Waals surface area (Å²) < 4.78 is 1.09. The van der Waals surface area contributed by atoms with E-state index in [9.17, 15) is 4.79 Å². The Hall–Kier alpha value is -0.230. The quantitative estimate of drug-likeness (QED) is 0.725. The molecule has 1 heterocycles. The molecule has 2 unspecified atom stereocenters. The molecule has 0 spiro atoms. The molecule has 2 atom stereocenters. The second-order valence-electron chi connectivity index (χ2n) is 5.18. The molecule has 1 aromatic rings. The average molecular weight is 394 g/mol. The highest BCUT2D eigenvalue weighted by Crippen LogP contribution is 2.24. The van der Waals surface area contributed by atoms with Crippen LogP contribution in [0.4, 0.5) is 0 Å². The maximum atomic E-state index is 11.8. The number of hydrogen-bond donors (Lipinski definition) is 2. The molecular weight excluding hydrogens is 372 g/mol. The van der Waals surface area contributed by atoms with Gasteiger partial charge in [-0.25, -0.2) is 0 Å². The Labute approximate surface area is 145 Å². The molecule has 1 saturated heterocycles. The van der Waals surface area contributed by atoms with Crippen LogP contribution in [0.25, 0.3) is 0 Å². The van der Waals surface area contributed by atoms with Gasteiger partial charge in [0.05, 0.1) is 0 Å². The minimum atomic E-state index is 0. The number of carbonyl (C=O) groups is 1. The van der Waals surface area contributed by atoms with Gasteiger partial charge in [0.15, 0.2) is 0 Å². The smallest absolute Gasteiger partial charge is 0.221 e. The number of carbonyl (C=O) groups excluding carboxylic acids is 1. The van der Waals surface area contributed by atoms with E-state index in [0.29, 0.717) is 24.3 Å². The Morgan fingerprint density at radius 3 is 2.81 bits per heavy atom. The summed E-state index contributed by atoms with van der Waals surface area (Å²) in [5.74, 6) is 0.160. The van der Waals surface area contributed by atoms with Gasteiger partial charge in [-0.2, -0.15) is 0 Å². The van der Waals surface area contributed by atoms with Gasteiger partial charge in [-0.3, -0.25) is 4.79 Å². The van der Waals surface area contributed by atoms with Gasteiger partial charge in [0, 0.05) is 33.6 Å². The van der Waals surface area contributed by atoms with E-state index in [1.807, 2.05) is 12.1 Å². The third kappa shape index (κ3) is 7.04. The zero-order valence-electron chi connectivity index (χ0n) is 12.1. The molecule has 21 heavy (non-hydrogen) atoms. The van der Waals surface area contributed by atoms with Crippen molar-refractivity contribution >= 4 is 46.0 Å². The lowest BCUT2D eigenvalue weighted by atomic mass is 10.1. The van der Waals surface area contributed by atoms with Crippen molar-refractivity contribution < 1.29 is 4.79 Å². The van der Waals surface area contributed by atoms with E-state index in [2.05, 4.69) is 45.6 Å². The predicted octanol–water partition coefficient (Wildman–Crippen LogP) is 3.61. The summed E-state index contributed by atoms with van der Waals surface area (Å²) >= 11 is 5.22. The molecule has 1 aromatic carbocycles. The Balaban J connectivity index is 0.00000220. The summed E-state index contributed by atoms with van der Waals surface area (Å²) in [6, 6.07) is 8.65. The van der Waals surface area contributed by atoms with E-state index in [4.69, 9.17) is 0 Å². The van der Waals surface area contributed by atoms with E-state index in [-0.39, 0.29) is 18.3 Å². The zero-order chi connectivity index (χ0) is 14.4. The Kier molecular flexibility index (Phi) is 8.71. The van der Waals surface area contributed by atoms with Gasteiger partial charge in [-0.15, -0.1) is 24.2 Å². The van der Waals surface area contributed by atoms with E-state index >= 15 is 0 Å². The van der Waals surface area contributed by atoms with Crippen molar-refractivity contribution in [1.82, 2.24) is 10.6 Å². The number of halogens is 2. The fourth-order valence-electron chi connectivity index (χ4n) is 2.27. The lowest BCUT2D eigenvalue weighted by molar-refractivity contribution is -0.121. The van der Waals surface area contributed by atoms with Crippen LogP contribution < -0.4 is 10.6 Å². The molecule has 0 saturated carbocycles. The Bertz CT molecular complexity index is 438.